The van der Waals surface area contributed by atoms with E-state index in [4.69, 9.17) is 11.6 Å². The second-order valence-electron chi connectivity index (χ2n) is 6.16. The largest absolute Gasteiger partial charge is 0.302 e. The first kappa shape index (κ1) is 13.6. The number of fused-ring (bicyclic) bond motifs is 1. The topological polar surface area (TPSA) is 42.7 Å². The number of nitrogens with one attached hydrogen (secondary N) is 1. The van der Waals surface area contributed by atoms with E-state index in [1.807, 2.05) is 13.1 Å². The predicted octanol–water partition coefficient (Wildman–Crippen LogP) is 2.88. The molecule has 1 heterocycles. The Morgan fingerprint density at radius 3 is 2.95 bits per heavy atom. The Kier molecular flexibility index (Phi) is 3.30. The second kappa shape index (κ2) is 4.86. The zero-order chi connectivity index (χ0) is 14.3. The van der Waals surface area contributed by atoms with Crippen molar-refractivity contribution in [3.05, 3.63) is 46.5 Å². The molecule has 1 aliphatic rings. The summed E-state index contributed by atoms with van der Waals surface area (Å²) in [6, 6.07) is 6.47. The third-order valence-electron chi connectivity index (χ3n) is 3.96. The molecule has 3 rings (SSSR count). The first-order valence-electron chi connectivity index (χ1n) is 6.82. The zero-order valence-corrected chi connectivity index (χ0v) is 12.8. The third kappa shape index (κ3) is 2.45. The van der Waals surface area contributed by atoms with Crippen LogP contribution >= 0.6 is 11.6 Å². The molecule has 0 saturated carbocycles. The molecule has 1 aromatic heterocycles. The highest BCUT2D eigenvalue weighted by atomic mass is 35.5. The zero-order valence-electron chi connectivity index (χ0n) is 12.0. The normalized spacial score (nSPS) is 20.1. The van der Waals surface area contributed by atoms with Crippen molar-refractivity contribution in [3.8, 4) is 0 Å². The summed E-state index contributed by atoms with van der Waals surface area (Å²) in [6.07, 6.45) is 2.79. The summed E-state index contributed by atoms with van der Waals surface area (Å²) in [5.41, 5.74) is 2.85. The van der Waals surface area contributed by atoms with Crippen LogP contribution < -0.4 is 5.32 Å². The Labute approximate surface area is 124 Å². The Morgan fingerprint density at radius 1 is 1.45 bits per heavy atom. The molecular formula is C15H19ClN4. The summed E-state index contributed by atoms with van der Waals surface area (Å²) in [4.78, 5) is 4.26. The fourth-order valence-corrected chi connectivity index (χ4v) is 3.23. The molecule has 0 aliphatic heterocycles. The van der Waals surface area contributed by atoms with E-state index in [2.05, 4.69) is 41.4 Å². The van der Waals surface area contributed by atoms with Crippen LogP contribution in [0.15, 0.2) is 24.5 Å². The number of rotatable bonds is 3. The van der Waals surface area contributed by atoms with Crippen molar-refractivity contribution in [2.24, 2.45) is 12.5 Å². The van der Waals surface area contributed by atoms with Crippen molar-refractivity contribution in [1.29, 1.82) is 0 Å². The molecule has 20 heavy (non-hydrogen) atoms. The molecule has 1 aromatic carbocycles. The smallest absolute Gasteiger partial charge is 0.164 e. The lowest BCUT2D eigenvalue weighted by Crippen LogP contribution is -2.31. The summed E-state index contributed by atoms with van der Waals surface area (Å²) in [6.45, 7) is 5.23. The average Bonchev–Trinajstić information content (AvgIpc) is 2.87. The highest BCUT2D eigenvalue weighted by Gasteiger charge is 2.38. The lowest BCUT2D eigenvalue weighted by molar-refractivity contribution is 0.266. The van der Waals surface area contributed by atoms with Gasteiger partial charge in [-0.1, -0.05) is 31.5 Å². The van der Waals surface area contributed by atoms with E-state index >= 15 is 0 Å². The molecule has 1 N–H and O–H groups in total. The van der Waals surface area contributed by atoms with Crippen LogP contribution in [0.25, 0.3) is 0 Å². The number of benzene rings is 1. The number of aryl methyl sites for hydroxylation is 1. The van der Waals surface area contributed by atoms with Crippen molar-refractivity contribution in [1.82, 2.24) is 20.1 Å². The molecule has 5 heteroatoms. The Hall–Kier alpha value is -1.39. The van der Waals surface area contributed by atoms with Crippen LogP contribution in [0.4, 0.5) is 0 Å². The fourth-order valence-electron chi connectivity index (χ4n) is 3.05. The summed E-state index contributed by atoms with van der Waals surface area (Å²) in [5, 5.41) is 8.69. The molecule has 0 spiro atoms. The van der Waals surface area contributed by atoms with Gasteiger partial charge < -0.3 is 5.32 Å². The van der Waals surface area contributed by atoms with Gasteiger partial charge in [-0.15, -0.1) is 0 Å². The van der Waals surface area contributed by atoms with Gasteiger partial charge in [0.05, 0.1) is 6.54 Å². The van der Waals surface area contributed by atoms with Crippen LogP contribution in [-0.2, 0) is 20.0 Å². The third-order valence-corrected chi connectivity index (χ3v) is 4.19. The molecule has 4 nitrogen and oxygen atoms in total. The van der Waals surface area contributed by atoms with Gasteiger partial charge in [0.25, 0.3) is 0 Å². The van der Waals surface area contributed by atoms with Crippen molar-refractivity contribution in [2.75, 3.05) is 0 Å². The maximum absolute atomic E-state index is 6.15. The van der Waals surface area contributed by atoms with E-state index in [0.717, 1.165) is 17.3 Å². The molecule has 106 valence electrons. The average molecular weight is 291 g/mol. The minimum Gasteiger partial charge on any atom is -0.302 e. The van der Waals surface area contributed by atoms with Gasteiger partial charge in [-0.25, -0.2) is 4.98 Å². The van der Waals surface area contributed by atoms with Gasteiger partial charge in [0.1, 0.15) is 6.33 Å². The molecule has 2 aromatic rings. The number of aromatic nitrogens is 3. The minimum absolute atomic E-state index is 0.168. The Balaban J connectivity index is 1.83. The Bertz CT molecular complexity index is 633. The van der Waals surface area contributed by atoms with E-state index in [-0.39, 0.29) is 11.5 Å². The molecule has 1 aliphatic carbocycles. The summed E-state index contributed by atoms with van der Waals surface area (Å²) in [5.74, 6) is 0.818. The first-order chi connectivity index (χ1) is 9.45. The molecule has 0 radical (unpaired) electrons. The second-order valence-corrected chi connectivity index (χ2v) is 6.59. The predicted molar refractivity (Wildman–Crippen MR) is 79.5 cm³/mol. The van der Waals surface area contributed by atoms with Crippen molar-refractivity contribution >= 4 is 11.6 Å². The van der Waals surface area contributed by atoms with Crippen LogP contribution in [-0.4, -0.2) is 14.8 Å². The van der Waals surface area contributed by atoms with Crippen molar-refractivity contribution in [3.63, 3.8) is 0 Å². The van der Waals surface area contributed by atoms with Crippen LogP contribution in [0.2, 0.25) is 5.02 Å². The highest BCUT2D eigenvalue weighted by Crippen LogP contribution is 2.45. The van der Waals surface area contributed by atoms with Crippen molar-refractivity contribution < 1.29 is 0 Å². The SMILES string of the molecule is Cn1cnc(CNC2c3cc(Cl)ccc3CC2(C)C)n1. The Morgan fingerprint density at radius 2 is 2.25 bits per heavy atom. The van der Waals surface area contributed by atoms with Gasteiger partial charge in [0, 0.05) is 18.1 Å². The molecule has 0 saturated heterocycles. The van der Waals surface area contributed by atoms with Gasteiger partial charge in [0.15, 0.2) is 5.82 Å². The van der Waals surface area contributed by atoms with Crippen LogP contribution in [0.3, 0.4) is 0 Å². The number of hydrogen-bond donors (Lipinski definition) is 1. The van der Waals surface area contributed by atoms with Crippen molar-refractivity contribution in [2.45, 2.75) is 32.9 Å². The minimum atomic E-state index is 0.168. The van der Waals surface area contributed by atoms with Gasteiger partial charge in [0.2, 0.25) is 0 Å². The van der Waals surface area contributed by atoms with E-state index in [9.17, 15) is 0 Å². The van der Waals surface area contributed by atoms with E-state index in [1.54, 1.807) is 11.0 Å². The quantitative estimate of drug-likeness (QED) is 0.945. The standard InChI is InChI=1S/C15H19ClN4/c1-15(2)7-10-4-5-11(16)6-12(10)14(15)17-8-13-18-9-20(3)19-13/h4-6,9,14,17H,7-8H2,1-3H3. The number of hydrogen-bond acceptors (Lipinski definition) is 3. The van der Waals surface area contributed by atoms with Gasteiger partial charge in [-0.3, -0.25) is 4.68 Å². The molecule has 1 atom stereocenters. The van der Waals surface area contributed by atoms with E-state index < -0.39 is 0 Å². The maximum Gasteiger partial charge on any atom is 0.164 e. The van der Waals surface area contributed by atoms with Crippen LogP contribution in [0.1, 0.15) is 36.8 Å². The summed E-state index contributed by atoms with van der Waals surface area (Å²) in [7, 11) is 1.88. The van der Waals surface area contributed by atoms with E-state index in [1.165, 1.54) is 11.1 Å². The molecule has 1 unspecified atom stereocenters. The lowest BCUT2D eigenvalue weighted by atomic mass is 9.85. The fraction of sp³-hybridized carbons (Fsp3) is 0.467. The van der Waals surface area contributed by atoms with Crippen LogP contribution in [0, 0.1) is 5.41 Å². The molecular weight excluding hydrogens is 272 g/mol. The van der Waals surface area contributed by atoms with E-state index in [0.29, 0.717) is 6.54 Å². The summed E-state index contributed by atoms with van der Waals surface area (Å²) >= 11 is 6.15. The summed E-state index contributed by atoms with van der Waals surface area (Å²) < 4.78 is 1.72. The highest BCUT2D eigenvalue weighted by molar-refractivity contribution is 6.30. The first-order valence-corrected chi connectivity index (χ1v) is 7.20. The molecule has 0 bridgehead atoms. The lowest BCUT2D eigenvalue weighted by Gasteiger charge is -2.28. The number of nitrogens with zero attached hydrogens (tertiary/aromatic N) is 3. The van der Waals surface area contributed by atoms with Gasteiger partial charge in [-0.05, 0) is 35.1 Å². The monoisotopic (exact) mass is 290 g/mol. The van der Waals surface area contributed by atoms with Crippen LogP contribution in [0.5, 0.6) is 0 Å². The number of halogens is 1. The van der Waals surface area contributed by atoms with Gasteiger partial charge in [-0.2, -0.15) is 5.10 Å². The van der Waals surface area contributed by atoms with Gasteiger partial charge >= 0.3 is 0 Å². The molecule has 0 amide bonds. The maximum atomic E-state index is 6.15. The molecule has 0 fully saturated rings.